The van der Waals surface area contributed by atoms with Crippen molar-refractivity contribution in [3.63, 3.8) is 0 Å². The molecule has 1 atom stereocenters. The maximum Gasteiger partial charge on any atom is 0.283 e. The maximum atomic E-state index is 12.9. The zero-order chi connectivity index (χ0) is 21.6. The van der Waals surface area contributed by atoms with Gasteiger partial charge in [0.25, 0.3) is 10.1 Å². The summed E-state index contributed by atoms with van der Waals surface area (Å²) in [6, 6.07) is 11.6. The zero-order valence-corrected chi connectivity index (χ0v) is 18.1. The Morgan fingerprint density at radius 3 is 1.83 bits per heavy atom. The van der Waals surface area contributed by atoms with Crippen LogP contribution in [0.25, 0.3) is 0 Å². The lowest BCUT2D eigenvalue weighted by Gasteiger charge is -2.33. The first-order valence-electron chi connectivity index (χ1n) is 7.89. The average molecular weight is 494 g/mol. The summed E-state index contributed by atoms with van der Waals surface area (Å²) < 4.78 is 33.8. The molecule has 0 aromatic heterocycles. The Hall–Kier alpha value is -1.67. The molecule has 0 saturated heterocycles. The number of hydrogen-bond acceptors (Lipinski definition) is 4. The zero-order valence-electron chi connectivity index (χ0n) is 14.3. The number of phenolic OH excluding ortho intramolecular Hbond substituents is 2. The second kappa shape index (κ2) is 7.87. The molecule has 3 rings (SSSR count). The molecule has 0 radical (unpaired) electrons. The van der Waals surface area contributed by atoms with Crippen molar-refractivity contribution in [3.05, 3.63) is 91.4 Å². The second-order valence-corrected chi connectivity index (χ2v) is 9.30. The standard InChI is InChI=1S/C19H12Cl4O5S/c20-12-4-1-10(2-5-12)19(29(26,27)28,11-3-6-13(21)15(23)9-11)17-16(24)8-7-14(22)18(17)25/h1-9,24-25H,(H,26,27,28). The van der Waals surface area contributed by atoms with Gasteiger partial charge in [0, 0.05) is 5.02 Å². The number of benzene rings is 3. The summed E-state index contributed by atoms with van der Waals surface area (Å²) >= 11 is 24.0. The topological polar surface area (TPSA) is 94.8 Å². The van der Waals surface area contributed by atoms with Crippen molar-refractivity contribution in [1.29, 1.82) is 0 Å². The van der Waals surface area contributed by atoms with Crippen LogP contribution in [-0.4, -0.2) is 23.2 Å². The Balaban J connectivity index is 2.61. The van der Waals surface area contributed by atoms with Crippen molar-refractivity contribution in [1.82, 2.24) is 0 Å². The molecule has 152 valence electrons. The van der Waals surface area contributed by atoms with Gasteiger partial charge in [-0.25, -0.2) is 0 Å². The van der Waals surface area contributed by atoms with E-state index >= 15 is 0 Å². The molecule has 0 heterocycles. The van der Waals surface area contributed by atoms with Crippen molar-refractivity contribution < 1.29 is 23.2 Å². The largest absolute Gasteiger partial charge is 0.507 e. The van der Waals surface area contributed by atoms with E-state index in [-0.39, 0.29) is 26.2 Å². The fourth-order valence-corrected chi connectivity index (χ4v) is 5.08. The number of halogens is 4. The minimum absolute atomic E-state index is 0.00726. The molecule has 0 fully saturated rings. The van der Waals surface area contributed by atoms with Gasteiger partial charge in [-0.2, -0.15) is 8.42 Å². The Labute approximate surface area is 186 Å². The Morgan fingerprint density at radius 1 is 0.724 bits per heavy atom. The summed E-state index contributed by atoms with van der Waals surface area (Å²) in [6.45, 7) is 0. The smallest absolute Gasteiger partial charge is 0.283 e. The van der Waals surface area contributed by atoms with Gasteiger partial charge in [0.05, 0.1) is 20.6 Å². The highest BCUT2D eigenvalue weighted by molar-refractivity contribution is 7.87. The predicted molar refractivity (Wildman–Crippen MR) is 114 cm³/mol. The third kappa shape index (κ3) is 3.65. The summed E-state index contributed by atoms with van der Waals surface area (Å²) in [5.74, 6) is -1.35. The van der Waals surface area contributed by atoms with Gasteiger partial charge in [-0.05, 0) is 47.5 Å². The van der Waals surface area contributed by atoms with Gasteiger partial charge in [-0.15, -0.1) is 0 Å². The summed E-state index contributed by atoms with van der Waals surface area (Å²) in [5.41, 5.74) is -0.673. The minimum Gasteiger partial charge on any atom is -0.507 e. The van der Waals surface area contributed by atoms with Crippen molar-refractivity contribution in [2.24, 2.45) is 0 Å². The Morgan fingerprint density at radius 2 is 1.28 bits per heavy atom. The van der Waals surface area contributed by atoms with Gasteiger partial charge in [-0.1, -0.05) is 64.6 Å². The molecule has 0 aliphatic heterocycles. The van der Waals surface area contributed by atoms with E-state index in [1.807, 2.05) is 0 Å². The number of phenols is 2. The fourth-order valence-electron chi connectivity index (χ4n) is 3.18. The minimum atomic E-state index is -5.11. The van der Waals surface area contributed by atoms with Gasteiger partial charge < -0.3 is 10.2 Å². The lowest BCUT2D eigenvalue weighted by Crippen LogP contribution is -2.38. The molecule has 10 heteroatoms. The molecule has 0 bridgehead atoms. The Bertz CT molecular complexity index is 1200. The van der Waals surface area contributed by atoms with Gasteiger partial charge in [0.2, 0.25) is 0 Å². The van der Waals surface area contributed by atoms with Crippen LogP contribution in [0.1, 0.15) is 16.7 Å². The molecule has 0 spiro atoms. The average Bonchev–Trinajstić information content (AvgIpc) is 2.64. The van der Waals surface area contributed by atoms with Gasteiger partial charge in [0.15, 0.2) is 4.75 Å². The molecule has 0 aliphatic carbocycles. The molecular weight excluding hydrogens is 482 g/mol. The summed E-state index contributed by atoms with van der Waals surface area (Å²) in [5, 5.41) is 21.4. The van der Waals surface area contributed by atoms with Crippen LogP contribution in [-0.2, 0) is 14.9 Å². The van der Waals surface area contributed by atoms with Crippen molar-refractivity contribution in [3.8, 4) is 11.5 Å². The van der Waals surface area contributed by atoms with E-state index in [2.05, 4.69) is 0 Å². The molecule has 3 N–H and O–H groups in total. The van der Waals surface area contributed by atoms with Crippen LogP contribution in [0.15, 0.2) is 54.6 Å². The molecule has 3 aromatic carbocycles. The third-order valence-electron chi connectivity index (χ3n) is 4.42. The van der Waals surface area contributed by atoms with Crippen molar-refractivity contribution in [2.45, 2.75) is 4.75 Å². The van der Waals surface area contributed by atoms with Crippen LogP contribution in [0.4, 0.5) is 0 Å². The SMILES string of the molecule is O=S(=O)(O)C(c1ccc(Cl)cc1)(c1ccc(Cl)c(Cl)c1)c1c(O)ccc(Cl)c1O. The molecule has 1 unspecified atom stereocenters. The van der Waals surface area contributed by atoms with E-state index in [9.17, 15) is 23.2 Å². The molecule has 29 heavy (non-hydrogen) atoms. The second-order valence-electron chi connectivity index (χ2n) is 6.08. The van der Waals surface area contributed by atoms with E-state index in [1.54, 1.807) is 0 Å². The highest BCUT2D eigenvalue weighted by atomic mass is 35.5. The molecule has 3 aromatic rings. The van der Waals surface area contributed by atoms with Crippen LogP contribution >= 0.6 is 46.4 Å². The molecule has 5 nitrogen and oxygen atoms in total. The summed E-state index contributed by atoms with van der Waals surface area (Å²) in [7, 11) is -5.11. The summed E-state index contributed by atoms with van der Waals surface area (Å²) in [6.07, 6.45) is 0. The van der Waals surface area contributed by atoms with Gasteiger partial charge in [-0.3, -0.25) is 4.55 Å². The molecule has 0 saturated carbocycles. The Kier molecular flexibility index (Phi) is 5.98. The first kappa shape index (κ1) is 22.0. The van der Waals surface area contributed by atoms with E-state index in [4.69, 9.17) is 46.4 Å². The normalized spacial score (nSPS) is 13.8. The highest BCUT2D eigenvalue weighted by Gasteiger charge is 2.52. The van der Waals surface area contributed by atoms with Crippen LogP contribution in [0, 0.1) is 0 Å². The van der Waals surface area contributed by atoms with Crippen LogP contribution < -0.4 is 0 Å². The van der Waals surface area contributed by atoms with E-state index in [1.165, 1.54) is 48.5 Å². The van der Waals surface area contributed by atoms with E-state index in [0.717, 1.165) is 6.07 Å². The number of hydrogen-bond donors (Lipinski definition) is 3. The molecule has 0 amide bonds. The number of rotatable bonds is 4. The number of aromatic hydroxyl groups is 2. The first-order chi connectivity index (χ1) is 13.5. The van der Waals surface area contributed by atoms with Gasteiger partial charge in [0.1, 0.15) is 11.5 Å². The lowest BCUT2D eigenvalue weighted by molar-refractivity contribution is 0.416. The molecular formula is C19H12Cl4O5S. The van der Waals surface area contributed by atoms with E-state index < -0.39 is 31.9 Å². The molecule has 0 aliphatic rings. The highest BCUT2D eigenvalue weighted by Crippen LogP contribution is 2.52. The first-order valence-corrected chi connectivity index (χ1v) is 10.8. The quantitative estimate of drug-likeness (QED) is 0.311. The van der Waals surface area contributed by atoms with E-state index in [0.29, 0.717) is 5.02 Å². The maximum absolute atomic E-state index is 12.9. The van der Waals surface area contributed by atoms with Crippen molar-refractivity contribution in [2.75, 3.05) is 0 Å². The lowest BCUT2D eigenvalue weighted by atomic mass is 9.83. The third-order valence-corrected chi connectivity index (χ3v) is 7.17. The van der Waals surface area contributed by atoms with Crippen LogP contribution in [0.2, 0.25) is 20.1 Å². The van der Waals surface area contributed by atoms with Crippen molar-refractivity contribution >= 4 is 56.5 Å². The van der Waals surface area contributed by atoms with Crippen LogP contribution in [0.5, 0.6) is 11.5 Å². The predicted octanol–water partition coefficient (Wildman–Crippen LogP) is 5.89. The monoisotopic (exact) mass is 492 g/mol. The fraction of sp³-hybridized carbons (Fsp3) is 0.0526. The summed E-state index contributed by atoms with van der Waals surface area (Å²) in [4.78, 5) is 0. The van der Waals surface area contributed by atoms with Crippen LogP contribution in [0.3, 0.4) is 0 Å². The van der Waals surface area contributed by atoms with Gasteiger partial charge >= 0.3 is 0 Å².